The molecule has 4 nitrogen and oxygen atoms in total. The molecule has 0 unspecified atom stereocenters. The van der Waals surface area contributed by atoms with Crippen LogP contribution in [-0.4, -0.2) is 9.97 Å². The van der Waals surface area contributed by atoms with E-state index in [4.69, 9.17) is 5.84 Å². The first kappa shape index (κ1) is 11.8. The number of nitrogen functional groups attached to an aromatic ring is 1. The molecule has 0 amide bonds. The smallest absolute Gasteiger partial charge is 0.151 e. The van der Waals surface area contributed by atoms with E-state index in [0.717, 1.165) is 32.1 Å². The maximum Gasteiger partial charge on any atom is 0.151 e. The summed E-state index contributed by atoms with van der Waals surface area (Å²) in [6.45, 7) is 2.01. The molecule has 0 fully saturated rings. The largest absolute Gasteiger partial charge is 0.308 e. The molecule has 0 spiro atoms. The summed E-state index contributed by atoms with van der Waals surface area (Å²) in [6, 6.07) is 3.89. The van der Waals surface area contributed by atoms with Gasteiger partial charge in [0.2, 0.25) is 0 Å². The molecule has 84 valence electrons. The summed E-state index contributed by atoms with van der Waals surface area (Å²) < 4.78 is 1.88. The number of benzene rings is 1. The van der Waals surface area contributed by atoms with Crippen molar-refractivity contribution >= 4 is 48.6 Å². The standard InChI is InChI=1S/C10H10Br2N4/c1-2-8-14-9-6(10(15-8)16-13)3-5(11)4-7(9)12/h3-4H,2,13H2,1H3,(H,14,15,16). The van der Waals surface area contributed by atoms with Crippen LogP contribution >= 0.6 is 31.9 Å². The highest BCUT2D eigenvalue weighted by Crippen LogP contribution is 2.30. The molecule has 16 heavy (non-hydrogen) atoms. The lowest BCUT2D eigenvalue weighted by Crippen LogP contribution is -2.11. The minimum Gasteiger partial charge on any atom is -0.308 e. The lowest BCUT2D eigenvalue weighted by molar-refractivity contribution is 0.958. The topological polar surface area (TPSA) is 63.8 Å². The quantitative estimate of drug-likeness (QED) is 0.648. The molecule has 2 rings (SSSR count). The van der Waals surface area contributed by atoms with Gasteiger partial charge in [-0.25, -0.2) is 15.8 Å². The number of fused-ring (bicyclic) bond motifs is 1. The first-order valence-electron chi connectivity index (χ1n) is 4.78. The summed E-state index contributed by atoms with van der Waals surface area (Å²) >= 11 is 6.91. The van der Waals surface area contributed by atoms with Crippen LogP contribution in [-0.2, 0) is 6.42 Å². The van der Waals surface area contributed by atoms with Crippen molar-refractivity contribution in [1.82, 2.24) is 9.97 Å². The molecule has 2 aromatic rings. The van der Waals surface area contributed by atoms with Crippen molar-refractivity contribution in [2.45, 2.75) is 13.3 Å². The number of halogens is 2. The second-order valence-corrected chi connectivity index (χ2v) is 5.04. The molecule has 1 heterocycles. The Bertz CT molecular complexity index is 542. The second kappa shape index (κ2) is 4.65. The molecule has 0 atom stereocenters. The fraction of sp³-hybridized carbons (Fsp3) is 0.200. The molecule has 3 N–H and O–H groups in total. The average molecular weight is 346 g/mol. The second-order valence-electron chi connectivity index (χ2n) is 3.27. The highest BCUT2D eigenvalue weighted by molar-refractivity contribution is 9.11. The highest BCUT2D eigenvalue weighted by Gasteiger charge is 2.09. The number of hydrogen-bond acceptors (Lipinski definition) is 4. The minimum atomic E-state index is 0.642. The van der Waals surface area contributed by atoms with Gasteiger partial charge < -0.3 is 5.43 Å². The van der Waals surface area contributed by atoms with Crippen molar-refractivity contribution in [1.29, 1.82) is 0 Å². The lowest BCUT2D eigenvalue weighted by atomic mass is 10.2. The number of nitrogens with two attached hydrogens (primary N) is 1. The Balaban J connectivity index is 2.83. The summed E-state index contributed by atoms with van der Waals surface area (Å²) in [5, 5.41) is 0.890. The summed E-state index contributed by atoms with van der Waals surface area (Å²) in [5.41, 5.74) is 3.47. The Morgan fingerprint density at radius 1 is 1.31 bits per heavy atom. The molecular formula is C10H10Br2N4. The van der Waals surface area contributed by atoms with Crippen LogP contribution in [0.2, 0.25) is 0 Å². The summed E-state index contributed by atoms with van der Waals surface area (Å²) in [4.78, 5) is 8.80. The van der Waals surface area contributed by atoms with Crippen molar-refractivity contribution in [3.05, 3.63) is 26.9 Å². The molecule has 0 saturated carbocycles. The molecule has 1 aromatic carbocycles. The van der Waals surface area contributed by atoms with Gasteiger partial charge in [0, 0.05) is 20.8 Å². The van der Waals surface area contributed by atoms with E-state index in [1.165, 1.54) is 0 Å². The SMILES string of the molecule is CCc1nc(NN)c2cc(Br)cc(Br)c2n1. The molecule has 0 radical (unpaired) electrons. The van der Waals surface area contributed by atoms with Crippen LogP contribution in [0, 0.1) is 0 Å². The predicted molar refractivity (Wildman–Crippen MR) is 72.1 cm³/mol. The van der Waals surface area contributed by atoms with Crippen molar-refractivity contribution < 1.29 is 0 Å². The van der Waals surface area contributed by atoms with E-state index in [0.29, 0.717) is 5.82 Å². The third-order valence-electron chi connectivity index (χ3n) is 2.22. The van der Waals surface area contributed by atoms with Crippen LogP contribution in [0.25, 0.3) is 10.9 Å². The fourth-order valence-electron chi connectivity index (χ4n) is 1.47. The van der Waals surface area contributed by atoms with E-state index in [1.54, 1.807) is 0 Å². The lowest BCUT2D eigenvalue weighted by Gasteiger charge is -2.08. The van der Waals surface area contributed by atoms with Gasteiger partial charge in [-0.05, 0) is 28.1 Å². The van der Waals surface area contributed by atoms with Crippen LogP contribution in [0.15, 0.2) is 21.1 Å². The Hall–Kier alpha value is -0.720. The van der Waals surface area contributed by atoms with Gasteiger partial charge in [-0.1, -0.05) is 22.9 Å². The Morgan fingerprint density at radius 3 is 2.69 bits per heavy atom. The van der Waals surface area contributed by atoms with Gasteiger partial charge >= 0.3 is 0 Å². The Morgan fingerprint density at radius 2 is 2.06 bits per heavy atom. The van der Waals surface area contributed by atoms with Crippen LogP contribution in [0.5, 0.6) is 0 Å². The highest BCUT2D eigenvalue weighted by atomic mass is 79.9. The monoisotopic (exact) mass is 344 g/mol. The van der Waals surface area contributed by atoms with Crippen LogP contribution < -0.4 is 11.3 Å². The number of aryl methyl sites for hydroxylation is 1. The third-order valence-corrected chi connectivity index (χ3v) is 3.28. The van der Waals surface area contributed by atoms with Gasteiger partial charge in [0.25, 0.3) is 0 Å². The van der Waals surface area contributed by atoms with E-state index in [-0.39, 0.29) is 0 Å². The van der Waals surface area contributed by atoms with Crippen LogP contribution in [0.4, 0.5) is 5.82 Å². The van der Waals surface area contributed by atoms with Gasteiger partial charge in [-0.2, -0.15) is 0 Å². The summed E-state index contributed by atoms with van der Waals surface area (Å²) in [5.74, 6) is 6.88. The van der Waals surface area contributed by atoms with Gasteiger partial charge in [-0.3, -0.25) is 0 Å². The van der Waals surface area contributed by atoms with Crippen molar-refractivity contribution in [3.63, 3.8) is 0 Å². The van der Waals surface area contributed by atoms with Gasteiger partial charge in [0.1, 0.15) is 5.82 Å². The Kier molecular flexibility index (Phi) is 3.41. The van der Waals surface area contributed by atoms with E-state index in [9.17, 15) is 0 Å². The molecule has 0 bridgehead atoms. The Labute approximate surface area is 110 Å². The molecule has 0 aliphatic rings. The maximum atomic E-state index is 5.47. The van der Waals surface area contributed by atoms with Crippen LogP contribution in [0.3, 0.4) is 0 Å². The maximum absolute atomic E-state index is 5.47. The molecular weight excluding hydrogens is 336 g/mol. The molecule has 0 saturated heterocycles. The number of rotatable bonds is 2. The van der Waals surface area contributed by atoms with Crippen LogP contribution in [0.1, 0.15) is 12.7 Å². The zero-order valence-electron chi connectivity index (χ0n) is 8.59. The number of hydrazine groups is 1. The van der Waals surface area contributed by atoms with E-state index < -0.39 is 0 Å². The first-order chi connectivity index (χ1) is 7.65. The zero-order chi connectivity index (χ0) is 11.7. The van der Waals surface area contributed by atoms with Gasteiger partial charge in [0.05, 0.1) is 5.52 Å². The van der Waals surface area contributed by atoms with Crippen molar-refractivity contribution in [2.75, 3.05) is 5.43 Å². The molecule has 1 aromatic heterocycles. The fourth-order valence-corrected chi connectivity index (χ4v) is 2.79. The molecule has 0 aliphatic carbocycles. The number of nitrogens with one attached hydrogen (secondary N) is 1. The van der Waals surface area contributed by atoms with Crippen molar-refractivity contribution in [2.24, 2.45) is 5.84 Å². The minimum absolute atomic E-state index is 0.642. The average Bonchev–Trinajstić information content (AvgIpc) is 2.28. The third kappa shape index (κ3) is 2.05. The first-order valence-corrected chi connectivity index (χ1v) is 6.36. The van der Waals surface area contributed by atoms with E-state index in [2.05, 4.69) is 47.3 Å². The normalized spacial score (nSPS) is 10.8. The summed E-state index contributed by atoms with van der Waals surface area (Å²) in [7, 11) is 0. The van der Waals surface area contributed by atoms with E-state index in [1.807, 2.05) is 19.1 Å². The van der Waals surface area contributed by atoms with E-state index >= 15 is 0 Å². The number of hydrogen-bond donors (Lipinski definition) is 2. The predicted octanol–water partition coefficient (Wildman–Crippen LogP) is 3.00. The zero-order valence-corrected chi connectivity index (χ0v) is 11.8. The number of nitrogens with zero attached hydrogens (tertiary/aromatic N) is 2. The van der Waals surface area contributed by atoms with Gasteiger partial charge in [0.15, 0.2) is 5.82 Å². The summed E-state index contributed by atoms with van der Waals surface area (Å²) in [6.07, 6.45) is 0.771. The molecule has 0 aliphatic heterocycles. The van der Waals surface area contributed by atoms with Crippen molar-refractivity contribution in [3.8, 4) is 0 Å². The molecule has 6 heteroatoms. The van der Waals surface area contributed by atoms with Gasteiger partial charge in [-0.15, -0.1) is 0 Å². The number of aromatic nitrogens is 2. The number of anilines is 1.